The molecule has 1 aromatic rings. The molecule has 1 saturated heterocycles. The van der Waals surface area contributed by atoms with Crippen molar-refractivity contribution < 1.29 is 14.3 Å². The van der Waals surface area contributed by atoms with Gasteiger partial charge in [0.05, 0.1) is 17.3 Å². The molecule has 0 aromatic heterocycles. The van der Waals surface area contributed by atoms with E-state index in [0.717, 1.165) is 12.8 Å². The number of halogens is 2. The summed E-state index contributed by atoms with van der Waals surface area (Å²) in [6.45, 7) is 3.94. The second-order valence-electron chi connectivity index (χ2n) is 5.56. The molecule has 4 nitrogen and oxygen atoms in total. The van der Waals surface area contributed by atoms with Gasteiger partial charge in [0.1, 0.15) is 5.82 Å². The third kappa shape index (κ3) is 3.30. The predicted octanol–water partition coefficient (Wildman–Crippen LogP) is 3.36. The molecule has 1 aliphatic heterocycles. The van der Waals surface area contributed by atoms with E-state index < -0.39 is 11.4 Å². The number of rotatable bonds is 2. The Labute approximate surface area is 126 Å². The fourth-order valence-electron chi connectivity index (χ4n) is 2.52. The normalized spacial score (nSPS) is 19.2. The molecule has 0 saturated carbocycles. The van der Waals surface area contributed by atoms with Crippen LogP contribution in [0.2, 0.25) is 0 Å². The maximum atomic E-state index is 13.7. The lowest BCUT2D eigenvalue weighted by atomic mass is 9.97. The van der Waals surface area contributed by atoms with E-state index in [0.29, 0.717) is 11.0 Å². The largest absolute Gasteiger partial charge is 0.388 e. The zero-order valence-corrected chi connectivity index (χ0v) is 13.1. The maximum absolute atomic E-state index is 13.7. The zero-order valence-electron chi connectivity index (χ0n) is 11.5. The van der Waals surface area contributed by atoms with Gasteiger partial charge in [-0.05, 0) is 44.9 Å². The number of hydrogen-bond donors (Lipinski definition) is 2. The summed E-state index contributed by atoms with van der Waals surface area (Å²) in [7, 11) is 0. The fraction of sp³-hybridized carbons (Fsp3) is 0.500. The number of aliphatic hydroxyl groups is 1. The lowest BCUT2D eigenvalue weighted by Crippen LogP contribution is -2.49. The van der Waals surface area contributed by atoms with Gasteiger partial charge in [0, 0.05) is 11.0 Å². The molecule has 0 bridgehead atoms. The highest BCUT2D eigenvalue weighted by Crippen LogP contribution is 2.28. The van der Waals surface area contributed by atoms with E-state index in [9.17, 15) is 14.3 Å². The maximum Gasteiger partial charge on any atom is 0.322 e. The van der Waals surface area contributed by atoms with Crippen molar-refractivity contribution in [1.29, 1.82) is 0 Å². The van der Waals surface area contributed by atoms with Crippen LogP contribution >= 0.6 is 15.9 Å². The highest BCUT2D eigenvalue weighted by molar-refractivity contribution is 9.10. The number of amides is 2. The molecule has 1 aliphatic rings. The van der Waals surface area contributed by atoms with Crippen molar-refractivity contribution in [1.82, 2.24) is 4.90 Å². The van der Waals surface area contributed by atoms with E-state index in [1.165, 1.54) is 12.1 Å². The Hall–Kier alpha value is -1.14. The van der Waals surface area contributed by atoms with Crippen LogP contribution in [0, 0.1) is 5.82 Å². The summed E-state index contributed by atoms with van der Waals surface area (Å²) < 4.78 is 14.3. The number of urea groups is 1. The molecule has 1 fully saturated rings. The molecule has 0 radical (unpaired) electrons. The standard InChI is InChI=1S/C14H18BrFN2O2/c1-14(2,20)12-4-3-7-18(12)13(19)17-11-6-5-9(15)8-10(11)16/h5-6,8,12,20H,3-4,7H2,1-2H3,(H,17,19). The molecule has 0 aliphatic carbocycles. The number of benzene rings is 1. The topological polar surface area (TPSA) is 52.6 Å². The molecule has 20 heavy (non-hydrogen) atoms. The van der Waals surface area contributed by atoms with Crippen molar-refractivity contribution >= 4 is 27.6 Å². The Morgan fingerprint density at radius 3 is 2.85 bits per heavy atom. The SMILES string of the molecule is CC(C)(O)C1CCCN1C(=O)Nc1ccc(Br)cc1F. The second kappa shape index (κ2) is 5.69. The van der Waals surface area contributed by atoms with Crippen LogP contribution in [0.25, 0.3) is 0 Å². The highest BCUT2D eigenvalue weighted by Gasteiger charge is 2.38. The number of nitrogens with one attached hydrogen (secondary N) is 1. The molecule has 2 N–H and O–H groups in total. The summed E-state index contributed by atoms with van der Waals surface area (Å²) in [6.07, 6.45) is 1.59. The molecule has 2 rings (SSSR count). The molecular weight excluding hydrogens is 327 g/mol. The third-order valence-electron chi connectivity index (χ3n) is 3.50. The first-order valence-corrected chi connectivity index (χ1v) is 7.33. The van der Waals surface area contributed by atoms with E-state index in [2.05, 4.69) is 21.2 Å². The van der Waals surface area contributed by atoms with Crippen LogP contribution in [0.1, 0.15) is 26.7 Å². The summed E-state index contributed by atoms with van der Waals surface area (Å²) in [5.74, 6) is -0.494. The average molecular weight is 345 g/mol. The van der Waals surface area contributed by atoms with Gasteiger partial charge in [-0.25, -0.2) is 9.18 Å². The van der Waals surface area contributed by atoms with E-state index >= 15 is 0 Å². The first-order chi connectivity index (χ1) is 9.29. The lowest BCUT2D eigenvalue weighted by molar-refractivity contribution is 0.0117. The number of carbonyl (C=O) groups is 1. The van der Waals surface area contributed by atoms with Gasteiger partial charge in [-0.2, -0.15) is 0 Å². The number of hydrogen-bond acceptors (Lipinski definition) is 2. The van der Waals surface area contributed by atoms with Crippen molar-refractivity contribution in [3.8, 4) is 0 Å². The second-order valence-corrected chi connectivity index (χ2v) is 6.48. The summed E-state index contributed by atoms with van der Waals surface area (Å²) in [5, 5.41) is 12.7. The van der Waals surface area contributed by atoms with Gasteiger partial charge < -0.3 is 15.3 Å². The molecule has 1 heterocycles. The van der Waals surface area contributed by atoms with Gasteiger partial charge in [0.25, 0.3) is 0 Å². The van der Waals surface area contributed by atoms with Gasteiger partial charge >= 0.3 is 6.03 Å². The zero-order chi connectivity index (χ0) is 14.9. The van der Waals surface area contributed by atoms with Crippen molar-refractivity contribution in [3.05, 3.63) is 28.5 Å². The Bertz CT molecular complexity index is 516. The lowest BCUT2D eigenvalue weighted by Gasteiger charge is -2.33. The molecule has 1 unspecified atom stereocenters. The summed E-state index contributed by atoms with van der Waals surface area (Å²) >= 11 is 3.17. The molecule has 1 aromatic carbocycles. The van der Waals surface area contributed by atoms with Crippen LogP contribution in [-0.2, 0) is 0 Å². The fourth-order valence-corrected chi connectivity index (χ4v) is 2.86. The van der Waals surface area contributed by atoms with E-state index in [1.807, 2.05) is 0 Å². The van der Waals surface area contributed by atoms with Gasteiger partial charge in [-0.3, -0.25) is 0 Å². The van der Waals surface area contributed by atoms with Crippen LogP contribution in [0.4, 0.5) is 14.9 Å². The Balaban J connectivity index is 2.12. The van der Waals surface area contributed by atoms with Crippen molar-refractivity contribution in [3.63, 3.8) is 0 Å². The van der Waals surface area contributed by atoms with Crippen LogP contribution in [0.15, 0.2) is 22.7 Å². The number of likely N-dealkylation sites (tertiary alicyclic amines) is 1. The van der Waals surface area contributed by atoms with Crippen molar-refractivity contribution in [2.45, 2.75) is 38.3 Å². The minimum absolute atomic E-state index is 0.139. The molecule has 6 heteroatoms. The summed E-state index contributed by atoms with van der Waals surface area (Å²) in [4.78, 5) is 13.8. The molecular formula is C14H18BrFN2O2. The summed E-state index contributed by atoms with van der Waals surface area (Å²) in [5.41, 5.74) is -0.828. The summed E-state index contributed by atoms with van der Waals surface area (Å²) in [6, 6.07) is 3.84. The van der Waals surface area contributed by atoms with E-state index in [1.54, 1.807) is 24.8 Å². The van der Waals surface area contributed by atoms with Gasteiger partial charge in [-0.15, -0.1) is 0 Å². The Morgan fingerprint density at radius 2 is 2.25 bits per heavy atom. The van der Waals surface area contributed by atoms with Crippen LogP contribution in [0.3, 0.4) is 0 Å². The van der Waals surface area contributed by atoms with Gasteiger partial charge in [-0.1, -0.05) is 15.9 Å². The van der Waals surface area contributed by atoms with Crippen LogP contribution < -0.4 is 5.32 Å². The first kappa shape index (κ1) is 15.3. The number of anilines is 1. The van der Waals surface area contributed by atoms with Crippen molar-refractivity contribution in [2.75, 3.05) is 11.9 Å². The van der Waals surface area contributed by atoms with E-state index in [-0.39, 0.29) is 17.8 Å². The quantitative estimate of drug-likeness (QED) is 0.864. The molecule has 0 spiro atoms. The Morgan fingerprint density at radius 1 is 1.55 bits per heavy atom. The minimum atomic E-state index is -0.966. The van der Waals surface area contributed by atoms with Crippen molar-refractivity contribution in [2.24, 2.45) is 0 Å². The highest BCUT2D eigenvalue weighted by atomic mass is 79.9. The molecule has 2 amide bonds. The monoisotopic (exact) mass is 344 g/mol. The smallest absolute Gasteiger partial charge is 0.322 e. The van der Waals surface area contributed by atoms with Crippen LogP contribution in [0.5, 0.6) is 0 Å². The predicted molar refractivity (Wildman–Crippen MR) is 79.1 cm³/mol. The average Bonchev–Trinajstić information content (AvgIpc) is 2.81. The number of carbonyl (C=O) groups excluding carboxylic acids is 1. The number of nitrogens with zero attached hydrogens (tertiary/aromatic N) is 1. The van der Waals surface area contributed by atoms with E-state index in [4.69, 9.17) is 0 Å². The minimum Gasteiger partial charge on any atom is -0.388 e. The third-order valence-corrected chi connectivity index (χ3v) is 4.00. The Kier molecular flexibility index (Phi) is 4.34. The first-order valence-electron chi connectivity index (χ1n) is 6.54. The van der Waals surface area contributed by atoms with Gasteiger partial charge in [0.15, 0.2) is 0 Å². The molecule has 110 valence electrons. The molecule has 1 atom stereocenters. The van der Waals surface area contributed by atoms with Gasteiger partial charge in [0.2, 0.25) is 0 Å². The van der Waals surface area contributed by atoms with Crippen LogP contribution in [-0.4, -0.2) is 34.2 Å².